The number of carbonyl (C=O) groups excluding carboxylic acids is 2. The van der Waals surface area contributed by atoms with Crippen molar-refractivity contribution in [1.29, 1.82) is 0 Å². The summed E-state index contributed by atoms with van der Waals surface area (Å²) in [6.45, 7) is 0. The number of hydrogen-bond acceptors (Lipinski definition) is 7. The molecule has 1 heterocycles. The lowest BCUT2D eigenvalue weighted by Crippen LogP contribution is -2.39. The number of amidine groups is 1. The second-order valence-electron chi connectivity index (χ2n) is 2.52. The smallest absolute Gasteiger partial charge is 0.384 e. The summed E-state index contributed by atoms with van der Waals surface area (Å²) in [7, 11) is 1.23. The first kappa shape index (κ1) is 13.4. The molecular formula is C8H8ClN3O4S. The zero-order chi connectivity index (χ0) is 12.7. The molecule has 1 N–H and O–H groups in total. The van der Waals surface area contributed by atoms with E-state index in [0.717, 1.165) is 0 Å². The molecule has 9 heteroatoms. The number of rotatable bonds is 3. The van der Waals surface area contributed by atoms with Gasteiger partial charge < -0.3 is 14.9 Å². The zero-order valence-electron chi connectivity index (χ0n) is 8.68. The first-order valence-corrected chi connectivity index (χ1v) is 5.72. The Balaban J connectivity index is 2.67. The van der Waals surface area contributed by atoms with Crippen LogP contribution in [0.15, 0.2) is 16.0 Å². The summed E-state index contributed by atoms with van der Waals surface area (Å²) in [6.07, 6.45) is 0. The predicted molar refractivity (Wildman–Crippen MR) is 61.1 cm³/mol. The van der Waals surface area contributed by atoms with Gasteiger partial charge in [-0.1, -0.05) is 5.16 Å². The number of hydrogen-bond donors (Lipinski definition) is 1. The molecule has 0 saturated heterocycles. The van der Waals surface area contributed by atoms with Crippen molar-refractivity contribution in [3.63, 3.8) is 0 Å². The van der Waals surface area contributed by atoms with Gasteiger partial charge in [-0.15, -0.1) is 22.9 Å². The van der Waals surface area contributed by atoms with E-state index >= 15 is 0 Å². The number of ether oxygens (including phenoxy) is 1. The number of aromatic nitrogens is 1. The van der Waals surface area contributed by atoms with Crippen molar-refractivity contribution in [3.05, 3.63) is 10.9 Å². The molecule has 1 aromatic rings. The summed E-state index contributed by atoms with van der Waals surface area (Å²) >= 11 is 6.53. The minimum atomic E-state index is -0.892. The van der Waals surface area contributed by atoms with Gasteiger partial charge in [-0.3, -0.25) is 4.79 Å². The summed E-state index contributed by atoms with van der Waals surface area (Å²) in [5.74, 6) is -2.09. The topological polar surface area (TPSA) is 89.9 Å². The maximum absolute atomic E-state index is 11.5. The minimum absolute atomic E-state index is 0.115. The molecule has 17 heavy (non-hydrogen) atoms. The average Bonchev–Trinajstić information content (AvgIpc) is 2.81. The largest absolute Gasteiger partial charge is 0.401 e. The molecule has 0 saturated carbocycles. The fourth-order valence-electron chi connectivity index (χ4n) is 0.763. The zero-order valence-corrected chi connectivity index (χ0v) is 10.2. The maximum atomic E-state index is 11.5. The van der Waals surface area contributed by atoms with Crippen LogP contribution in [-0.4, -0.2) is 35.7 Å². The Labute approximate surface area is 105 Å². The van der Waals surface area contributed by atoms with Crippen molar-refractivity contribution in [3.8, 4) is 5.88 Å². The van der Waals surface area contributed by atoms with Gasteiger partial charge in [-0.25, -0.2) is 9.78 Å². The highest BCUT2D eigenvalue weighted by Gasteiger charge is 2.18. The third kappa shape index (κ3) is 4.37. The highest BCUT2D eigenvalue weighted by molar-refractivity contribution is 7.07. The molecule has 1 amide bonds. The van der Waals surface area contributed by atoms with Crippen LogP contribution >= 0.6 is 22.9 Å². The van der Waals surface area contributed by atoms with Gasteiger partial charge in [0.15, 0.2) is 0 Å². The van der Waals surface area contributed by atoms with Crippen molar-refractivity contribution >= 4 is 40.6 Å². The van der Waals surface area contributed by atoms with Crippen LogP contribution in [0.4, 0.5) is 0 Å². The summed E-state index contributed by atoms with van der Waals surface area (Å²) in [6, 6.07) is 0. The van der Waals surface area contributed by atoms with Crippen LogP contribution in [0.2, 0.25) is 0 Å². The van der Waals surface area contributed by atoms with E-state index in [1.807, 2.05) is 0 Å². The van der Waals surface area contributed by atoms with Gasteiger partial charge >= 0.3 is 5.97 Å². The van der Waals surface area contributed by atoms with Crippen LogP contribution in [-0.2, 0) is 14.4 Å². The van der Waals surface area contributed by atoms with E-state index in [9.17, 15) is 9.59 Å². The van der Waals surface area contributed by atoms with Gasteiger partial charge in [0.05, 0.1) is 10.9 Å². The van der Waals surface area contributed by atoms with E-state index in [1.54, 1.807) is 0 Å². The Bertz CT molecular complexity index is 420. The Kier molecular flexibility index (Phi) is 5.37. The number of thiazole rings is 1. The predicted octanol–water partition coefficient (Wildman–Crippen LogP) is 0.363. The van der Waals surface area contributed by atoms with E-state index < -0.39 is 17.7 Å². The highest BCUT2D eigenvalue weighted by Crippen LogP contribution is 2.09. The van der Waals surface area contributed by atoms with Crippen LogP contribution in [0.5, 0.6) is 5.88 Å². The van der Waals surface area contributed by atoms with Crippen molar-refractivity contribution in [2.45, 2.75) is 0 Å². The first-order chi connectivity index (χ1) is 8.17. The van der Waals surface area contributed by atoms with Crippen LogP contribution in [0, 0.1) is 0 Å². The van der Waals surface area contributed by atoms with Gasteiger partial charge in [-0.05, 0) is 0 Å². The van der Waals surface area contributed by atoms with Crippen molar-refractivity contribution in [2.75, 3.05) is 13.0 Å². The standard InChI is InChI=1S/C8H8ClN3O4S/c1-15-12-7(11-5(13)2-9)8(14)16-6-3-17-4-10-6/h3-4H,2H2,1H3,(H,11,12,13). The second-order valence-corrected chi connectivity index (χ2v) is 3.51. The van der Waals surface area contributed by atoms with E-state index in [1.165, 1.54) is 29.3 Å². The van der Waals surface area contributed by atoms with Crippen LogP contribution in [0.25, 0.3) is 0 Å². The molecule has 0 aliphatic heterocycles. The second kappa shape index (κ2) is 6.81. The third-order valence-corrected chi connectivity index (χ3v) is 2.17. The molecule has 0 spiro atoms. The first-order valence-electron chi connectivity index (χ1n) is 4.24. The number of oxime groups is 1. The summed E-state index contributed by atoms with van der Waals surface area (Å²) < 4.78 is 4.81. The molecule has 1 rings (SSSR count). The molecule has 92 valence electrons. The monoisotopic (exact) mass is 277 g/mol. The molecule has 0 aliphatic rings. The lowest BCUT2D eigenvalue weighted by atomic mass is 10.5. The molecule has 0 unspecified atom stereocenters. The molecule has 0 bridgehead atoms. The fraction of sp³-hybridized carbons (Fsp3) is 0.250. The minimum Gasteiger partial charge on any atom is -0.401 e. The van der Waals surface area contributed by atoms with Gasteiger partial charge in [0.2, 0.25) is 11.8 Å². The molecular weight excluding hydrogens is 270 g/mol. The van der Waals surface area contributed by atoms with E-state index in [0.29, 0.717) is 0 Å². The Hall–Kier alpha value is -1.67. The van der Waals surface area contributed by atoms with Gasteiger partial charge in [-0.2, -0.15) is 0 Å². The highest BCUT2D eigenvalue weighted by atomic mass is 35.5. The van der Waals surface area contributed by atoms with Gasteiger partial charge in [0, 0.05) is 0 Å². The van der Waals surface area contributed by atoms with Crippen molar-refractivity contribution in [2.24, 2.45) is 5.16 Å². The Morgan fingerprint density at radius 3 is 2.94 bits per heavy atom. The van der Waals surface area contributed by atoms with Gasteiger partial charge in [0.25, 0.3) is 5.84 Å². The number of amides is 1. The lowest BCUT2D eigenvalue weighted by molar-refractivity contribution is -0.128. The van der Waals surface area contributed by atoms with E-state index in [4.69, 9.17) is 16.3 Å². The van der Waals surface area contributed by atoms with Crippen molar-refractivity contribution < 1.29 is 19.2 Å². The van der Waals surface area contributed by atoms with Crippen LogP contribution in [0.3, 0.4) is 0 Å². The number of halogens is 1. The Morgan fingerprint density at radius 1 is 1.65 bits per heavy atom. The molecule has 7 nitrogen and oxygen atoms in total. The molecule has 0 aliphatic carbocycles. The summed E-state index contributed by atoms with van der Waals surface area (Å²) in [4.78, 5) is 30.7. The third-order valence-electron chi connectivity index (χ3n) is 1.36. The van der Waals surface area contributed by atoms with Crippen LogP contribution in [0.1, 0.15) is 0 Å². The number of carbonyl (C=O) groups is 2. The van der Waals surface area contributed by atoms with Crippen LogP contribution < -0.4 is 10.1 Å². The molecule has 0 radical (unpaired) electrons. The van der Waals surface area contributed by atoms with E-state index in [2.05, 4.69) is 20.3 Å². The summed E-state index contributed by atoms with van der Waals surface area (Å²) in [5, 5.41) is 6.97. The Morgan fingerprint density at radius 2 is 2.41 bits per heavy atom. The molecule has 0 atom stereocenters. The number of esters is 1. The maximum Gasteiger partial charge on any atom is 0.384 e. The number of nitrogens with zero attached hydrogens (tertiary/aromatic N) is 2. The molecule has 1 aromatic heterocycles. The normalized spacial score (nSPS) is 10.8. The summed E-state index contributed by atoms with van der Waals surface area (Å²) in [5.41, 5.74) is 1.49. The van der Waals surface area contributed by atoms with Gasteiger partial charge in [0.1, 0.15) is 13.0 Å². The average molecular weight is 278 g/mol. The fourth-order valence-corrected chi connectivity index (χ4v) is 1.28. The SMILES string of the molecule is CON=C(NC(=O)CCl)C(=O)Oc1cscn1. The number of nitrogens with one attached hydrogen (secondary N) is 1. The number of alkyl halides is 1. The molecule has 0 aromatic carbocycles. The quantitative estimate of drug-likeness (QED) is 0.283. The molecule has 0 fully saturated rings. The lowest BCUT2D eigenvalue weighted by Gasteiger charge is -2.04. The van der Waals surface area contributed by atoms with E-state index in [-0.39, 0.29) is 11.8 Å². The van der Waals surface area contributed by atoms with Crippen molar-refractivity contribution in [1.82, 2.24) is 10.3 Å².